The largest absolute Gasteiger partial charge is 0.389 e. The van der Waals surface area contributed by atoms with E-state index in [1.807, 2.05) is 0 Å². The van der Waals surface area contributed by atoms with Gasteiger partial charge in [0.2, 0.25) is 0 Å². The van der Waals surface area contributed by atoms with Gasteiger partial charge in [-0.2, -0.15) is 0 Å². The number of hydrogen-bond donors (Lipinski definition) is 2. The molecule has 20 heavy (non-hydrogen) atoms. The Bertz CT molecular complexity index is 655. The molecule has 1 aromatic heterocycles. The Hall–Kier alpha value is -1.54. The van der Waals surface area contributed by atoms with Crippen molar-refractivity contribution in [3.05, 3.63) is 29.6 Å². The number of rotatable bonds is 3. The Morgan fingerprint density at radius 3 is 2.65 bits per heavy atom. The van der Waals surface area contributed by atoms with Crippen LogP contribution in [0.1, 0.15) is 29.4 Å². The molecule has 0 bridgehead atoms. The van der Waals surface area contributed by atoms with E-state index in [0.29, 0.717) is 12.0 Å². The van der Waals surface area contributed by atoms with Gasteiger partial charge in [0.25, 0.3) is 5.91 Å². The Labute approximate surface area is 122 Å². The fraction of sp³-hybridized carbons (Fsp3) is 0.417. The number of nitrogens with zero attached hydrogens (tertiary/aromatic N) is 1. The lowest BCUT2D eigenvalue weighted by Crippen LogP contribution is -2.47. The molecule has 6 nitrogen and oxygen atoms in total. The highest BCUT2D eigenvalue weighted by atomic mass is 32.2. The van der Waals surface area contributed by atoms with Crippen LogP contribution in [0.4, 0.5) is 0 Å². The normalized spacial score (nSPS) is 24.2. The molecule has 0 aliphatic carbocycles. The Balaban J connectivity index is 2.11. The lowest BCUT2D eigenvalue weighted by atomic mass is 10.0. The predicted molar refractivity (Wildman–Crippen MR) is 79.3 cm³/mol. The van der Waals surface area contributed by atoms with Gasteiger partial charge >= 0.3 is 0 Å². The molecule has 3 N–H and O–H groups in total. The number of amides is 1. The summed E-state index contributed by atoms with van der Waals surface area (Å²) < 4.78 is 23.0. The van der Waals surface area contributed by atoms with Crippen LogP contribution in [-0.2, 0) is 9.84 Å². The number of carbonyl (C=O) groups is 1. The van der Waals surface area contributed by atoms with Crippen LogP contribution in [0.3, 0.4) is 0 Å². The molecule has 0 radical (unpaired) electrons. The summed E-state index contributed by atoms with van der Waals surface area (Å²) in [6, 6.07) is 3.12. The summed E-state index contributed by atoms with van der Waals surface area (Å²) in [7, 11) is -3.07. The van der Waals surface area contributed by atoms with Crippen molar-refractivity contribution >= 4 is 33.0 Å². The molecule has 2 heterocycles. The average molecular weight is 313 g/mol. The number of hydrogen-bond acceptors (Lipinski definition) is 5. The van der Waals surface area contributed by atoms with Crippen LogP contribution in [-0.4, -0.2) is 41.3 Å². The van der Waals surface area contributed by atoms with Crippen molar-refractivity contribution in [3.63, 3.8) is 0 Å². The van der Waals surface area contributed by atoms with Crippen molar-refractivity contribution in [3.8, 4) is 0 Å². The molecule has 1 unspecified atom stereocenters. The smallest absolute Gasteiger partial charge is 0.270 e. The third-order valence-corrected chi connectivity index (χ3v) is 5.34. The van der Waals surface area contributed by atoms with Crippen molar-refractivity contribution in [2.24, 2.45) is 5.73 Å². The Kier molecular flexibility index (Phi) is 3.79. The fourth-order valence-corrected chi connectivity index (χ4v) is 4.33. The van der Waals surface area contributed by atoms with E-state index in [9.17, 15) is 13.2 Å². The van der Waals surface area contributed by atoms with E-state index in [1.165, 1.54) is 12.3 Å². The van der Waals surface area contributed by atoms with Gasteiger partial charge in [0.15, 0.2) is 9.84 Å². The second kappa shape index (κ2) is 5.10. The minimum atomic E-state index is -3.07. The summed E-state index contributed by atoms with van der Waals surface area (Å²) in [5, 5.41) is 2.73. The van der Waals surface area contributed by atoms with Crippen LogP contribution in [0.25, 0.3) is 0 Å². The highest BCUT2D eigenvalue weighted by molar-refractivity contribution is 7.91. The molecule has 1 aromatic rings. The topological polar surface area (TPSA) is 102 Å². The van der Waals surface area contributed by atoms with Gasteiger partial charge in [-0.1, -0.05) is 12.2 Å². The van der Waals surface area contributed by atoms with Gasteiger partial charge in [-0.15, -0.1) is 0 Å². The van der Waals surface area contributed by atoms with E-state index in [2.05, 4.69) is 10.3 Å². The van der Waals surface area contributed by atoms with Crippen molar-refractivity contribution in [1.82, 2.24) is 10.3 Å². The zero-order valence-electron chi connectivity index (χ0n) is 10.9. The summed E-state index contributed by atoms with van der Waals surface area (Å²) in [6.45, 7) is 1.72. The molecule has 1 amide bonds. The van der Waals surface area contributed by atoms with E-state index in [4.69, 9.17) is 18.0 Å². The first-order chi connectivity index (χ1) is 9.21. The number of carbonyl (C=O) groups excluding carboxylic acids is 1. The van der Waals surface area contributed by atoms with Crippen molar-refractivity contribution in [2.45, 2.75) is 18.9 Å². The summed E-state index contributed by atoms with van der Waals surface area (Å²) in [6.07, 6.45) is 1.83. The van der Waals surface area contributed by atoms with Gasteiger partial charge in [0.1, 0.15) is 10.7 Å². The van der Waals surface area contributed by atoms with Crippen LogP contribution < -0.4 is 11.1 Å². The molecule has 1 atom stereocenters. The maximum absolute atomic E-state index is 12.1. The lowest BCUT2D eigenvalue weighted by molar-refractivity contribution is 0.0910. The second-order valence-corrected chi connectivity index (χ2v) is 7.78. The molecule has 0 aromatic carbocycles. The molecule has 2 rings (SSSR count). The minimum Gasteiger partial charge on any atom is -0.389 e. The second-order valence-electron chi connectivity index (χ2n) is 5.15. The van der Waals surface area contributed by atoms with Crippen molar-refractivity contribution in [1.29, 1.82) is 0 Å². The van der Waals surface area contributed by atoms with Crippen LogP contribution in [0.15, 0.2) is 18.3 Å². The molecule has 1 aliphatic rings. The third-order valence-electron chi connectivity index (χ3n) is 3.20. The van der Waals surface area contributed by atoms with E-state index in [1.54, 1.807) is 13.0 Å². The molecule has 1 aliphatic heterocycles. The minimum absolute atomic E-state index is 0.0449. The van der Waals surface area contributed by atoms with Gasteiger partial charge < -0.3 is 11.1 Å². The number of thiocarbonyl (C=S) groups is 1. The van der Waals surface area contributed by atoms with Gasteiger partial charge in [-0.3, -0.25) is 9.78 Å². The highest BCUT2D eigenvalue weighted by Gasteiger charge is 2.39. The van der Waals surface area contributed by atoms with Gasteiger partial charge in [-0.25, -0.2) is 8.42 Å². The maximum atomic E-state index is 12.1. The molecule has 108 valence electrons. The standard InChI is InChI=1S/C12H15N3O3S2/c1-12(4-5-20(17,18)7-12)15-11(16)9-3-2-8(6-14-9)10(13)19/h2-3,6H,4-5,7H2,1H3,(H2,13,19)(H,15,16). The summed E-state index contributed by atoms with van der Waals surface area (Å²) in [4.78, 5) is 16.3. The van der Waals surface area contributed by atoms with Crippen LogP contribution in [0.5, 0.6) is 0 Å². The van der Waals surface area contributed by atoms with Crippen LogP contribution in [0, 0.1) is 0 Å². The Morgan fingerprint density at radius 1 is 1.50 bits per heavy atom. The average Bonchev–Trinajstić information content (AvgIpc) is 2.63. The van der Waals surface area contributed by atoms with E-state index < -0.39 is 21.3 Å². The van der Waals surface area contributed by atoms with Crippen LogP contribution >= 0.6 is 12.2 Å². The quantitative estimate of drug-likeness (QED) is 0.763. The number of nitrogens with one attached hydrogen (secondary N) is 1. The first-order valence-corrected chi connectivity index (χ1v) is 8.23. The van der Waals surface area contributed by atoms with Crippen molar-refractivity contribution in [2.75, 3.05) is 11.5 Å². The fourth-order valence-electron chi connectivity index (χ4n) is 2.12. The zero-order chi connectivity index (χ0) is 15.0. The summed E-state index contributed by atoms with van der Waals surface area (Å²) >= 11 is 4.80. The number of sulfone groups is 1. The van der Waals surface area contributed by atoms with Gasteiger partial charge in [-0.05, 0) is 25.5 Å². The number of aromatic nitrogens is 1. The van der Waals surface area contributed by atoms with E-state index in [0.717, 1.165) is 0 Å². The molecular weight excluding hydrogens is 298 g/mol. The van der Waals surface area contributed by atoms with E-state index >= 15 is 0 Å². The first kappa shape index (κ1) is 14.9. The molecule has 1 fully saturated rings. The maximum Gasteiger partial charge on any atom is 0.270 e. The lowest BCUT2D eigenvalue weighted by Gasteiger charge is -2.23. The molecule has 0 saturated carbocycles. The van der Waals surface area contributed by atoms with Crippen LogP contribution in [0.2, 0.25) is 0 Å². The SMILES string of the molecule is CC1(NC(=O)c2ccc(C(N)=S)cn2)CCS(=O)(=O)C1. The van der Waals surface area contributed by atoms with Crippen molar-refractivity contribution < 1.29 is 13.2 Å². The number of pyridine rings is 1. The molecular formula is C12H15N3O3S2. The molecule has 0 spiro atoms. The van der Waals surface area contributed by atoms with E-state index in [-0.39, 0.29) is 22.2 Å². The highest BCUT2D eigenvalue weighted by Crippen LogP contribution is 2.23. The summed E-state index contributed by atoms with van der Waals surface area (Å²) in [5.41, 5.74) is 5.49. The third kappa shape index (κ3) is 3.31. The zero-order valence-corrected chi connectivity index (χ0v) is 12.6. The summed E-state index contributed by atoms with van der Waals surface area (Å²) in [5.74, 6) is -0.354. The number of nitrogens with two attached hydrogens (primary N) is 1. The van der Waals surface area contributed by atoms with Gasteiger partial charge in [0.05, 0.1) is 17.0 Å². The molecule has 1 saturated heterocycles. The predicted octanol–water partition coefficient (Wildman–Crippen LogP) is 0.0228. The Morgan fingerprint density at radius 2 is 2.20 bits per heavy atom. The monoisotopic (exact) mass is 313 g/mol. The van der Waals surface area contributed by atoms with Gasteiger partial charge in [0, 0.05) is 11.8 Å². The molecule has 8 heteroatoms. The first-order valence-electron chi connectivity index (χ1n) is 6.00.